The van der Waals surface area contributed by atoms with Gasteiger partial charge in [0.2, 0.25) is 0 Å². The summed E-state index contributed by atoms with van der Waals surface area (Å²) in [7, 11) is 2.09. The van der Waals surface area contributed by atoms with Gasteiger partial charge in [-0.3, -0.25) is 4.90 Å². The van der Waals surface area contributed by atoms with E-state index in [4.69, 9.17) is 5.26 Å². The van der Waals surface area contributed by atoms with Crippen LogP contribution >= 0.6 is 0 Å². The lowest BCUT2D eigenvalue weighted by Crippen LogP contribution is -2.36. The molecule has 2 fully saturated rings. The molecule has 2 saturated heterocycles. The van der Waals surface area contributed by atoms with E-state index in [1.807, 2.05) is 0 Å². The fourth-order valence-electron chi connectivity index (χ4n) is 2.36. The molecule has 0 aromatic carbocycles. The molecule has 0 N–H and O–H groups in total. The van der Waals surface area contributed by atoms with Gasteiger partial charge in [0.25, 0.3) is 0 Å². The third kappa shape index (κ3) is 0.518. The number of rotatable bonds is 0. The molecule has 0 aromatic heterocycles. The van der Waals surface area contributed by atoms with Gasteiger partial charge in [0, 0.05) is 6.04 Å². The molecule has 10 heavy (non-hydrogen) atoms. The van der Waals surface area contributed by atoms with Crippen LogP contribution in [0.2, 0.25) is 0 Å². The van der Waals surface area contributed by atoms with E-state index in [-0.39, 0.29) is 5.54 Å². The van der Waals surface area contributed by atoms with Gasteiger partial charge in [-0.15, -0.1) is 0 Å². The van der Waals surface area contributed by atoms with Gasteiger partial charge in [0.05, 0.1) is 6.07 Å². The van der Waals surface area contributed by atoms with Crippen molar-refractivity contribution in [1.29, 1.82) is 5.26 Å². The van der Waals surface area contributed by atoms with Crippen LogP contribution in [-0.2, 0) is 0 Å². The van der Waals surface area contributed by atoms with Crippen LogP contribution in [0.15, 0.2) is 0 Å². The van der Waals surface area contributed by atoms with E-state index >= 15 is 0 Å². The Morgan fingerprint density at radius 1 is 1.50 bits per heavy atom. The maximum Gasteiger partial charge on any atom is 0.109 e. The Labute approximate surface area is 61.4 Å². The molecular formula is C8H12N2. The summed E-state index contributed by atoms with van der Waals surface area (Å²) in [6, 6.07) is 3.17. The first-order valence-electron chi connectivity index (χ1n) is 3.93. The molecular weight excluding hydrogens is 124 g/mol. The first-order valence-corrected chi connectivity index (χ1v) is 3.93. The predicted octanol–water partition coefficient (Wildman–Crippen LogP) is 1.14. The minimum absolute atomic E-state index is 0.0509. The van der Waals surface area contributed by atoms with Gasteiger partial charge in [0.15, 0.2) is 0 Å². The molecule has 54 valence electrons. The molecule has 0 unspecified atom stereocenters. The lowest BCUT2D eigenvalue weighted by Gasteiger charge is -2.22. The second-order valence-corrected chi connectivity index (χ2v) is 3.49. The Morgan fingerprint density at radius 3 is 2.30 bits per heavy atom. The Kier molecular flexibility index (Phi) is 1.07. The third-order valence-electron chi connectivity index (χ3n) is 3.21. The fraction of sp³-hybridized carbons (Fsp3) is 0.875. The molecule has 2 aliphatic heterocycles. The van der Waals surface area contributed by atoms with Crippen molar-refractivity contribution in [3.8, 4) is 6.07 Å². The highest BCUT2D eigenvalue weighted by Crippen LogP contribution is 2.44. The lowest BCUT2D eigenvalue weighted by atomic mass is 9.89. The van der Waals surface area contributed by atoms with Crippen LogP contribution in [0.4, 0.5) is 0 Å². The average molecular weight is 136 g/mol. The average Bonchev–Trinajstić information content (AvgIpc) is 2.46. The number of hydrogen-bond acceptors (Lipinski definition) is 2. The van der Waals surface area contributed by atoms with Gasteiger partial charge >= 0.3 is 0 Å². The van der Waals surface area contributed by atoms with Gasteiger partial charge in [-0.05, 0) is 32.7 Å². The summed E-state index contributed by atoms with van der Waals surface area (Å²) in [5.41, 5.74) is -0.0509. The molecule has 0 radical (unpaired) electrons. The number of fused-ring (bicyclic) bond motifs is 2. The van der Waals surface area contributed by atoms with E-state index in [2.05, 4.69) is 18.0 Å². The van der Waals surface area contributed by atoms with Gasteiger partial charge in [-0.1, -0.05) is 0 Å². The van der Waals surface area contributed by atoms with Crippen molar-refractivity contribution in [3.05, 3.63) is 0 Å². The van der Waals surface area contributed by atoms with Crippen molar-refractivity contribution in [2.75, 3.05) is 7.05 Å². The van der Waals surface area contributed by atoms with Crippen molar-refractivity contribution in [1.82, 2.24) is 4.90 Å². The van der Waals surface area contributed by atoms with Gasteiger partial charge in [0.1, 0.15) is 5.54 Å². The van der Waals surface area contributed by atoms with E-state index in [9.17, 15) is 0 Å². The third-order valence-corrected chi connectivity index (χ3v) is 3.21. The molecule has 0 aliphatic carbocycles. The summed E-state index contributed by atoms with van der Waals surface area (Å²) in [5.74, 6) is 0. The maximum absolute atomic E-state index is 8.92. The zero-order chi connectivity index (χ0) is 7.19. The highest BCUT2D eigenvalue weighted by atomic mass is 15.2. The summed E-state index contributed by atoms with van der Waals surface area (Å²) >= 11 is 0. The Balaban J connectivity index is 2.32. The summed E-state index contributed by atoms with van der Waals surface area (Å²) in [6.07, 6.45) is 4.68. The van der Waals surface area contributed by atoms with Crippen molar-refractivity contribution in [2.24, 2.45) is 0 Å². The highest BCUT2D eigenvalue weighted by molar-refractivity contribution is 5.17. The smallest absolute Gasteiger partial charge is 0.109 e. The summed E-state index contributed by atoms with van der Waals surface area (Å²) in [4.78, 5) is 2.27. The zero-order valence-corrected chi connectivity index (χ0v) is 6.30. The van der Waals surface area contributed by atoms with E-state index in [1.165, 1.54) is 12.8 Å². The van der Waals surface area contributed by atoms with Gasteiger partial charge in [-0.25, -0.2) is 0 Å². The van der Waals surface area contributed by atoms with Crippen LogP contribution in [0.5, 0.6) is 0 Å². The number of nitriles is 1. The molecule has 2 heterocycles. The van der Waals surface area contributed by atoms with Crippen molar-refractivity contribution < 1.29 is 0 Å². The molecule has 0 spiro atoms. The van der Waals surface area contributed by atoms with Crippen LogP contribution in [-0.4, -0.2) is 23.5 Å². The SMILES string of the molecule is CN1C2CCC1(C#N)CC2. The van der Waals surface area contributed by atoms with Gasteiger partial charge < -0.3 is 0 Å². The Bertz CT molecular complexity index is 184. The van der Waals surface area contributed by atoms with Crippen molar-refractivity contribution >= 4 is 0 Å². The van der Waals surface area contributed by atoms with Gasteiger partial charge in [-0.2, -0.15) is 5.26 Å². The van der Waals surface area contributed by atoms with Crippen LogP contribution in [0, 0.1) is 11.3 Å². The summed E-state index contributed by atoms with van der Waals surface area (Å²) < 4.78 is 0. The lowest BCUT2D eigenvalue weighted by molar-refractivity contribution is 0.254. The fourth-order valence-corrected chi connectivity index (χ4v) is 2.36. The minimum atomic E-state index is -0.0509. The molecule has 0 saturated carbocycles. The molecule has 2 rings (SSSR count). The van der Waals surface area contributed by atoms with E-state index < -0.39 is 0 Å². The molecule has 2 aliphatic rings. The predicted molar refractivity (Wildman–Crippen MR) is 38.4 cm³/mol. The second kappa shape index (κ2) is 1.73. The molecule has 0 aromatic rings. The topological polar surface area (TPSA) is 27.0 Å². The van der Waals surface area contributed by atoms with E-state index in [1.54, 1.807) is 0 Å². The number of nitrogens with zero attached hydrogens (tertiary/aromatic N) is 2. The molecule has 2 bridgehead atoms. The van der Waals surface area contributed by atoms with Crippen molar-refractivity contribution in [3.63, 3.8) is 0 Å². The first kappa shape index (κ1) is 6.18. The Hall–Kier alpha value is -0.550. The largest absolute Gasteiger partial charge is 0.286 e. The first-order chi connectivity index (χ1) is 4.78. The molecule has 2 nitrogen and oxygen atoms in total. The van der Waals surface area contributed by atoms with E-state index in [0.29, 0.717) is 0 Å². The minimum Gasteiger partial charge on any atom is -0.286 e. The van der Waals surface area contributed by atoms with Crippen LogP contribution in [0.3, 0.4) is 0 Å². The standard InChI is InChI=1S/C8H12N2/c1-10-7-2-4-8(10,6-9)5-3-7/h7H,2-5H2,1H3. The molecule has 0 atom stereocenters. The van der Waals surface area contributed by atoms with Crippen LogP contribution in [0.1, 0.15) is 25.7 Å². The van der Waals surface area contributed by atoms with Crippen LogP contribution in [0.25, 0.3) is 0 Å². The Morgan fingerprint density at radius 2 is 2.10 bits per heavy atom. The normalized spacial score (nSPS) is 45.8. The van der Waals surface area contributed by atoms with Crippen molar-refractivity contribution in [2.45, 2.75) is 37.3 Å². The quantitative estimate of drug-likeness (QED) is 0.499. The molecule has 2 heteroatoms. The second-order valence-electron chi connectivity index (χ2n) is 3.49. The highest BCUT2D eigenvalue weighted by Gasteiger charge is 2.49. The van der Waals surface area contributed by atoms with E-state index in [0.717, 1.165) is 18.9 Å². The molecule has 0 amide bonds. The monoisotopic (exact) mass is 136 g/mol. The summed E-state index contributed by atoms with van der Waals surface area (Å²) in [6.45, 7) is 0. The van der Waals surface area contributed by atoms with Crippen LogP contribution < -0.4 is 0 Å². The maximum atomic E-state index is 8.92. The zero-order valence-electron chi connectivity index (χ0n) is 6.30. The summed E-state index contributed by atoms with van der Waals surface area (Å²) in [5, 5.41) is 8.92. The number of hydrogen-bond donors (Lipinski definition) is 0.